The molecule has 0 fully saturated rings. The number of hydrogen-bond acceptors (Lipinski definition) is 1. The fraction of sp³-hybridized carbons (Fsp3) is 0.176. The van der Waals surface area contributed by atoms with E-state index in [0.29, 0.717) is 6.61 Å². The minimum absolute atomic E-state index is 0.627. The average molecular weight is 238 g/mol. The van der Waals surface area contributed by atoms with Crippen LogP contribution < -0.4 is 0 Å². The largest absolute Gasteiger partial charge is 0.377 e. The molecule has 0 aliphatic carbocycles. The first kappa shape index (κ1) is 12.6. The fourth-order valence-corrected chi connectivity index (χ4v) is 1.85. The molecule has 1 heteroatoms. The summed E-state index contributed by atoms with van der Waals surface area (Å²) in [6.45, 7) is 5.00. The average Bonchev–Trinajstić information content (AvgIpc) is 2.45. The Morgan fingerprint density at radius 2 is 1.56 bits per heavy atom. The van der Waals surface area contributed by atoms with Gasteiger partial charge in [-0.3, -0.25) is 0 Å². The van der Waals surface area contributed by atoms with Crippen LogP contribution in [0, 0.1) is 0 Å². The molecule has 0 unspecified atom stereocenters. The Labute approximate surface area is 109 Å². The number of ether oxygens (including phenoxy) is 1. The molecule has 2 aromatic rings. The summed E-state index contributed by atoms with van der Waals surface area (Å²) in [6, 6.07) is 19.1. The SMILES string of the molecule is C=CCOCCc1ccc(-c2ccccc2)cc1. The van der Waals surface area contributed by atoms with Crippen LogP contribution in [-0.4, -0.2) is 13.2 Å². The van der Waals surface area contributed by atoms with Crippen molar-refractivity contribution in [2.45, 2.75) is 6.42 Å². The second-order valence-electron chi connectivity index (χ2n) is 4.18. The van der Waals surface area contributed by atoms with E-state index in [1.54, 1.807) is 6.08 Å². The van der Waals surface area contributed by atoms with Gasteiger partial charge in [-0.1, -0.05) is 60.7 Å². The van der Waals surface area contributed by atoms with Gasteiger partial charge in [0.1, 0.15) is 0 Å². The zero-order valence-electron chi connectivity index (χ0n) is 10.5. The Hall–Kier alpha value is -1.86. The second-order valence-corrected chi connectivity index (χ2v) is 4.18. The first-order chi connectivity index (χ1) is 8.90. The van der Waals surface area contributed by atoms with Gasteiger partial charge in [0, 0.05) is 0 Å². The van der Waals surface area contributed by atoms with Crippen molar-refractivity contribution in [1.29, 1.82) is 0 Å². The van der Waals surface area contributed by atoms with Crippen molar-refractivity contribution in [3.8, 4) is 11.1 Å². The smallest absolute Gasteiger partial charge is 0.0644 e. The van der Waals surface area contributed by atoms with Crippen molar-refractivity contribution in [3.05, 3.63) is 72.8 Å². The molecule has 18 heavy (non-hydrogen) atoms. The van der Waals surface area contributed by atoms with Crippen molar-refractivity contribution in [3.63, 3.8) is 0 Å². The summed E-state index contributed by atoms with van der Waals surface area (Å²) in [7, 11) is 0. The van der Waals surface area contributed by atoms with E-state index in [4.69, 9.17) is 4.74 Å². The first-order valence-corrected chi connectivity index (χ1v) is 6.23. The number of hydrogen-bond donors (Lipinski definition) is 0. The molecule has 0 saturated heterocycles. The van der Waals surface area contributed by atoms with E-state index in [-0.39, 0.29) is 0 Å². The Morgan fingerprint density at radius 1 is 0.889 bits per heavy atom. The summed E-state index contributed by atoms with van der Waals surface area (Å²) in [4.78, 5) is 0. The molecule has 0 N–H and O–H groups in total. The van der Waals surface area contributed by atoms with Gasteiger partial charge in [-0.25, -0.2) is 0 Å². The Bertz CT molecular complexity index is 471. The lowest BCUT2D eigenvalue weighted by atomic mass is 10.0. The maximum absolute atomic E-state index is 5.38. The highest BCUT2D eigenvalue weighted by Gasteiger charge is 1.97. The molecule has 0 radical (unpaired) electrons. The molecule has 0 atom stereocenters. The normalized spacial score (nSPS) is 10.2. The predicted molar refractivity (Wildman–Crippen MR) is 76.6 cm³/mol. The summed E-state index contributed by atoms with van der Waals surface area (Å²) >= 11 is 0. The maximum Gasteiger partial charge on any atom is 0.0644 e. The van der Waals surface area contributed by atoms with E-state index < -0.39 is 0 Å². The van der Waals surface area contributed by atoms with Crippen LogP contribution in [0.2, 0.25) is 0 Å². The Kier molecular flexibility index (Phi) is 4.74. The summed E-state index contributed by atoms with van der Waals surface area (Å²) < 4.78 is 5.38. The van der Waals surface area contributed by atoms with Gasteiger partial charge >= 0.3 is 0 Å². The molecular formula is C17H18O. The molecule has 0 spiro atoms. The van der Waals surface area contributed by atoms with Crippen LogP contribution in [-0.2, 0) is 11.2 Å². The lowest BCUT2D eigenvalue weighted by Crippen LogP contribution is -1.98. The third-order valence-electron chi connectivity index (χ3n) is 2.83. The van der Waals surface area contributed by atoms with E-state index in [0.717, 1.165) is 13.0 Å². The van der Waals surface area contributed by atoms with Crippen LogP contribution >= 0.6 is 0 Å². The highest BCUT2D eigenvalue weighted by atomic mass is 16.5. The molecule has 0 heterocycles. The quantitative estimate of drug-likeness (QED) is 0.544. The zero-order valence-corrected chi connectivity index (χ0v) is 10.5. The molecule has 2 rings (SSSR count). The summed E-state index contributed by atoms with van der Waals surface area (Å²) in [6.07, 6.45) is 2.72. The lowest BCUT2D eigenvalue weighted by molar-refractivity contribution is 0.166. The maximum atomic E-state index is 5.38. The van der Waals surface area contributed by atoms with Gasteiger partial charge in [-0.15, -0.1) is 6.58 Å². The van der Waals surface area contributed by atoms with Gasteiger partial charge in [0.15, 0.2) is 0 Å². The molecule has 0 amide bonds. The number of benzene rings is 2. The molecule has 0 aliphatic heterocycles. The predicted octanol–water partition coefficient (Wildman–Crippen LogP) is 4.10. The number of rotatable bonds is 6. The van der Waals surface area contributed by atoms with Gasteiger partial charge < -0.3 is 4.74 Å². The van der Waals surface area contributed by atoms with Crippen LogP contribution in [0.1, 0.15) is 5.56 Å². The van der Waals surface area contributed by atoms with Gasteiger partial charge in [-0.05, 0) is 23.1 Å². The lowest BCUT2D eigenvalue weighted by Gasteiger charge is -2.05. The Morgan fingerprint density at radius 3 is 2.22 bits per heavy atom. The van der Waals surface area contributed by atoms with Crippen molar-refractivity contribution in [2.75, 3.05) is 13.2 Å². The molecular weight excluding hydrogens is 220 g/mol. The Balaban J connectivity index is 1.95. The van der Waals surface area contributed by atoms with E-state index in [1.807, 2.05) is 6.07 Å². The molecule has 0 bridgehead atoms. The standard InChI is InChI=1S/C17H18O/c1-2-13-18-14-12-15-8-10-17(11-9-15)16-6-4-3-5-7-16/h2-11H,1,12-14H2. The van der Waals surface area contributed by atoms with Crippen molar-refractivity contribution >= 4 is 0 Å². The fourth-order valence-electron chi connectivity index (χ4n) is 1.85. The molecule has 92 valence electrons. The van der Waals surface area contributed by atoms with Crippen LogP contribution in [0.4, 0.5) is 0 Å². The third kappa shape index (κ3) is 3.57. The van der Waals surface area contributed by atoms with Crippen LogP contribution in [0.3, 0.4) is 0 Å². The molecule has 1 nitrogen and oxygen atoms in total. The topological polar surface area (TPSA) is 9.23 Å². The molecule has 0 aliphatic rings. The van der Waals surface area contributed by atoms with E-state index in [2.05, 4.69) is 55.1 Å². The third-order valence-corrected chi connectivity index (χ3v) is 2.83. The van der Waals surface area contributed by atoms with Crippen LogP contribution in [0.5, 0.6) is 0 Å². The van der Waals surface area contributed by atoms with Gasteiger partial charge in [0.05, 0.1) is 13.2 Å². The van der Waals surface area contributed by atoms with Crippen LogP contribution in [0.25, 0.3) is 11.1 Å². The summed E-state index contributed by atoms with van der Waals surface area (Å²) in [5, 5.41) is 0. The van der Waals surface area contributed by atoms with Crippen molar-refractivity contribution in [1.82, 2.24) is 0 Å². The van der Waals surface area contributed by atoms with Crippen molar-refractivity contribution in [2.24, 2.45) is 0 Å². The monoisotopic (exact) mass is 238 g/mol. The van der Waals surface area contributed by atoms with Crippen LogP contribution in [0.15, 0.2) is 67.3 Å². The van der Waals surface area contributed by atoms with Gasteiger partial charge in [0.25, 0.3) is 0 Å². The highest BCUT2D eigenvalue weighted by molar-refractivity contribution is 5.63. The highest BCUT2D eigenvalue weighted by Crippen LogP contribution is 2.19. The van der Waals surface area contributed by atoms with E-state index in [9.17, 15) is 0 Å². The minimum Gasteiger partial charge on any atom is -0.377 e. The van der Waals surface area contributed by atoms with E-state index in [1.165, 1.54) is 16.7 Å². The molecule has 2 aromatic carbocycles. The molecule has 0 saturated carbocycles. The van der Waals surface area contributed by atoms with Gasteiger partial charge in [-0.2, -0.15) is 0 Å². The summed E-state index contributed by atoms with van der Waals surface area (Å²) in [5.74, 6) is 0. The van der Waals surface area contributed by atoms with E-state index >= 15 is 0 Å². The van der Waals surface area contributed by atoms with Crippen molar-refractivity contribution < 1.29 is 4.74 Å². The van der Waals surface area contributed by atoms with Gasteiger partial charge in [0.2, 0.25) is 0 Å². The minimum atomic E-state index is 0.627. The summed E-state index contributed by atoms with van der Waals surface area (Å²) in [5.41, 5.74) is 3.82. The second kappa shape index (κ2) is 6.77. The zero-order chi connectivity index (χ0) is 12.6. The first-order valence-electron chi connectivity index (χ1n) is 6.23. The molecule has 0 aromatic heterocycles.